The zero-order valence-electron chi connectivity index (χ0n) is 31.0. The Kier molecular flexibility index (Phi) is 8.46. The fourth-order valence-electron chi connectivity index (χ4n) is 8.85. The number of fused-ring (bicyclic) bond motifs is 3. The summed E-state index contributed by atoms with van der Waals surface area (Å²) in [6.07, 6.45) is 0. The molecule has 0 N–H and O–H groups in total. The molecule has 0 fully saturated rings. The Morgan fingerprint density at radius 1 is 0.250 bits per heavy atom. The van der Waals surface area contributed by atoms with E-state index in [1.165, 1.54) is 66.8 Å². The van der Waals surface area contributed by atoms with Crippen LogP contribution < -0.4 is 4.90 Å². The molecule has 264 valence electrons. The summed E-state index contributed by atoms with van der Waals surface area (Å²) in [5.74, 6) is 0. The average Bonchev–Trinajstić information content (AvgIpc) is 3.58. The Morgan fingerprint density at radius 3 is 1.23 bits per heavy atom. The minimum absolute atomic E-state index is 0.581. The number of hydrogen-bond donors (Lipinski definition) is 0. The molecule has 1 heteroatoms. The maximum atomic E-state index is 2.48. The number of benzene rings is 9. The van der Waals surface area contributed by atoms with Gasteiger partial charge in [0.15, 0.2) is 0 Å². The van der Waals surface area contributed by atoms with Crippen LogP contribution in [0.25, 0.3) is 44.5 Å². The maximum absolute atomic E-state index is 2.48. The quantitative estimate of drug-likeness (QED) is 0.152. The first-order valence-electron chi connectivity index (χ1n) is 19.3. The molecule has 0 saturated carbocycles. The number of rotatable bonds is 8. The zero-order valence-corrected chi connectivity index (χ0v) is 31.0. The summed E-state index contributed by atoms with van der Waals surface area (Å²) in [5, 5.41) is 0. The highest BCUT2D eigenvalue weighted by Crippen LogP contribution is 2.58. The van der Waals surface area contributed by atoms with Crippen molar-refractivity contribution < 1.29 is 0 Å². The van der Waals surface area contributed by atoms with Gasteiger partial charge >= 0.3 is 0 Å². The zero-order chi connectivity index (χ0) is 37.3. The molecule has 10 rings (SSSR count). The van der Waals surface area contributed by atoms with Crippen molar-refractivity contribution in [2.75, 3.05) is 4.90 Å². The fourth-order valence-corrected chi connectivity index (χ4v) is 8.85. The lowest BCUT2D eigenvalue weighted by Crippen LogP contribution is -2.28. The van der Waals surface area contributed by atoms with E-state index in [1.807, 2.05) is 0 Å². The van der Waals surface area contributed by atoms with Gasteiger partial charge in [0.05, 0.1) is 5.41 Å². The Hall–Kier alpha value is -7.22. The van der Waals surface area contributed by atoms with Crippen molar-refractivity contribution in [3.8, 4) is 44.5 Å². The van der Waals surface area contributed by atoms with Crippen molar-refractivity contribution in [1.29, 1.82) is 0 Å². The minimum atomic E-state index is -0.581. The van der Waals surface area contributed by atoms with Crippen LogP contribution >= 0.6 is 0 Å². The lowest BCUT2D eigenvalue weighted by molar-refractivity contribution is 0.768. The van der Waals surface area contributed by atoms with E-state index in [2.05, 4.69) is 241 Å². The molecule has 0 radical (unpaired) electrons. The van der Waals surface area contributed by atoms with Gasteiger partial charge in [0.25, 0.3) is 0 Å². The highest BCUT2D eigenvalue weighted by atomic mass is 15.1. The van der Waals surface area contributed by atoms with E-state index >= 15 is 0 Å². The van der Waals surface area contributed by atoms with Gasteiger partial charge in [-0.3, -0.25) is 0 Å². The van der Waals surface area contributed by atoms with E-state index in [9.17, 15) is 0 Å². The topological polar surface area (TPSA) is 3.24 Å². The number of nitrogens with zero attached hydrogens (tertiary/aromatic N) is 1. The predicted octanol–water partition coefficient (Wildman–Crippen LogP) is 14.5. The van der Waals surface area contributed by atoms with Crippen LogP contribution in [0.1, 0.15) is 22.3 Å². The molecule has 0 aliphatic heterocycles. The van der Waals surface area contributed by atoms with Crippen LogP contribution in [0.5, 0.6) is 0 Å². The summed E-state index contributed by atoms with van der Waals surface area (Å²) in [7, 11) is 0. The highest BCUT2D eigenvalue weighted by molar-refractivity contribution is 5.93. The molecular weight excluding hydrogens is 675 g/mol. The van der Waals surface area contributed by atoms with Crippen molar-refractivity contribution in [3.63, 3.8) is 0 Å². The van der Waals surface area contributed by atoms with Crippen LogP contribution in [0.3, 0.4) is 0 Å². The molecule has 56 heavy (non-hydrogen) atoms. The van der Waals surface area contributed by atoms with Gasteiger partial charge in [0.1, 0.15) is 0 Å². The van der Waals surface area contributed by atoms with E-state index in [1.54, 1.807) is 0 Å². The first kappa shape index (κ1) is 33.4. The van der Waals surface area contributed by atoms with Gasteiger partial charge < -0.3 is 4.90 Å². The van der Waals surface area contributed by atoms with Crippen molar-refractivity contribution in [2.24, 2.45) is 0 Å². The first-order chi connectivity index (χ1) is 27.8. The molecule has 0 heterocycles. The van der Waals surface area contributed by atoms with Gasteiger partial charge in [-0.05, 0) is 115 Å². The number of hydrogen-bond acceptors (Lipinski definition) is 1. The predicted molar refractivity (Wildman–Crippen MR) is 235 cm³/mol. The summed E-state index contributed by atoms with van der Waals surface area (Å²) in [5.41, 5.74) is 17.6. The van der Waals surface area contributed by atoms with Crippen LogP contribution in [0, 0.1) is 0 Å². The maximum Gasteiger partial charge on any atom is 0.0714 e. The van der Waals surface area contributed by atoms with Crippen LogP contribution in [-0.2, 0) is 5.41 Å². The van der Waals surface area contributed by atoms with Gasteiger partial charge in [-0.25, -0.2) is 0 Å². The van der Waals surface area contributed by atoms with Crippen molar-refractivity contribution >= 4 is 17.1 Å². The molecule has 0 aromatic heterocycles. The molecule has 0 bridgehead atoms. The van der Waals surface area contributed by atoms with Gasteiger partial charge in [-0.1, -0.05) is 188 Å². The van der Waals surface area contributed by atoms with Gasteiger partial charge in [-0.2, -0.15) is 0 Å². The number of anilines is 3. The summed E-state index contributed by atoms with van der Waals surface area (Å²) >= 11 is 0. The standard InChI is InChI=1S/C55H39N/c1-7-19-40(20-8-1)42-31-34-49(41-21-9-2-10-22-41)52(37-42)43-32-35-50-51-36-33-48(56(46-27-15-5-16-28-46)47-29-17-6-18-30-47)39-54(51)55(53(50)38-43,44-23-11-3-12-24-44)45-25-13-4-14-26-45/h1-39H. The third-order valence-corrected chi connectivity index (χ3v) is 11.3. The molecule has 1 nitrogen and oxygen atoms in total. The lowest BCUT2D eigenvalue weighted by Gasteiger charge is -2.35. The van der Waals surface area contributed by atoms with Crippen molar-refractivity contribution in [1.82, 2.24) is 0 Å². The van der Waals surface area contributed by atoms with E-state index in [0.29, 0.717) is 0 Å². The Labute approximate surface area is 329 Å². The second-order valence-corrected chi connectivity index (χ2v) is 14.5. The van der Waals surface area contributed by atoms with E-state index in [0.717, 1.165) is 17.1 Å². The second-order valence-electron chi connectivity index (χ2n) is 14.5. The molecular formula is C55H39N. The highest BCUT2D eigenvalue weighted by Gasteiger charge is 2.46. The molecule has 1 aliphatic rings. The molecule has 0 atom stereocenters. The molecule has 9 aromatic carbocycles. The number of para-hydroxylation sites is 2. The SMILES string of the molecule is c1ccc(-c2ccc(-c3ccccc3)c(-c3ccc4c(c3)C(c3ccccc3)(c3ccccc3)c3cc(N(c5ccccc5)c5ccccc5)ccc3-4)c2)cc1. The average molecular weight is 714 g/mol. The van der Waals surface area contributed by atoms with Gasteiger partial charge in [-0.15, -0.1) is 0 Å². The lowest BCUT2D eigenvalue weighted by atomic mass is 9.67. The van der Waals surface area contributed by atoms with Gasteiger partial charge in [0.2, 0.25) is 0 Å². The Balaban J connectivity index is 1.25. The van der Waals surface area contributed by atoms with Crippen molar-refractivity contribution in [3.05, 3.63) is 259 Å². The molecule has 0 saturated heterocycles. The minimum Gasteiger partial charge on any atom is -0.310 e. The monoisotopic (exact) mass is 713 g/mol. The van der Waals surface area contributed by atoms with E-state index in [-0.39, 0.29) is 0 Å². The summed E-state index contributed by atoms with van der Waals surface area (Å²) in [4.78, 5) is 2.37. The van der Waals surface area contributed by atoms with Crippen LogP contribution in [0.4, 0.5) is 17.1 Å². The van der Waals surface area contributed by atoms with E-state index < -0.39 is 5.41 Å². The molecule has 0 unspecified atom stereocenters. The molecule has 0 spiro atoms. The second kappa shape index (κ2) is 14.2. The van der Waals surface area contributed by atoms with Crippen LogP contribution in [-0.4, -0.2) is 0 Å². The summed E-state index contributed by atoms with van der Waals surface area (Å²) in [6.45, 7) is 0. The van der Waals surface area contributed by atoms with Crippen molar-refractivity contribution in [2.45, 2.75) is 5.41 Å². The van der Waals surface area contributed by atoms with Crippen LogP contribution in [0.15, 0.2) is 237 Å². The van der Waals surface area contributed by atoms with E-state index in [4.69, 9.17) is 0 Å². The largest absolute Gasteiger partial charge is 0.310 e. The third-order valence-electron chi connectivity index (χ3n) is 11.3. The first-order valence-corrected chi connectivity index (χ1v) is 19.3. The van der Waals surface area contributed by atoms with Crippen LogP contribution in [0.2, 0.25) is 0 Å². The normalized spacial score (nSPS) is 12.4. The summed E-state index contributed by atoms with van der Waals surface area (Å²) in [6, 6.07) is 86.3. The molecule has 1 aliphatic carbocycles. The Morgan fingerprint density at radius 2 is 0.679 bits per heavy atom. The fraction of sp³-hybridized carbons (Fsp3) is 0.0182. The Bertz CT molecular complexity index is 2680. The third kappa shape index (κ3) is 5.65. The summed E-state index contributed by atoms with van der Waals surface area (Å²) < 4.78 is 0. The smallest absolute Gasteiger partial charge is 0.0714 e. The van der Waals surface area contributed by atoms with Gasteiger partial charge in [0, 0.05) is 17.1 Å². The molecule has 0 amide bonds. The molecule has 9 aromatic rings.